The Kier molecular flexibility index (Phi) is 2.71. The molecule has 1 saturated carbocycles. The highest BCUT2D eigenvalue weighted by Gasteiger charge is 2.67. The highest BCUT2D eigenvalue weighted by Crippen LogP contribution is 2.69. The van der Waals surface area contributed by atoms with Crippen LogP contribution >= 0.6 is 34.2 Å². The lowest BCUT2D eigenvalue weighted by Crippen LogP contribution is -2.16. The van der Waals surface area contributed by atoms with Gasteiger partial charge in [-0.2, -0.15) is 0 Å². The van der Waals surface area contributed by atoms with Gasteiger partial charge in [-0.05, 0) is 17.5 Å². The van der Waals surface area contributed by atoms with Crippen LogP contribution in [0.4, 0.5) is 0 Å². The molecule has 17 heavy (non-hydrogen) atoms. The zero-order chi connectivity index (χ0) is 11.9. The van der Waals surface area contributed by atoms with Crippen LogP contribution in [0.15, 0.2) is 60.7 Å². The number of rotatable bonds is 2. The highest BCUT2D eigenvalue weighted by atomic mass is 127. The summed E-state index contributed by atoms with van der Waals surface area (Å²) in [4.78, 5) is 0. The van der Waals surface area contributed by atoms with Crippen molar-refractivity contribution in [1.29, 1.82) is 0 Å². The molecule has 0 nitrogen and oxygen atoms in total. The summed E-state index contributed by atoms with van der Waals surface area (Å²) in [5.74, 6) is 0. The second-order valence-corrected chi connectivity index (χ2v) is 7.64. The molecule has 0 aliphatic heterocycles. The number of alkyl halides is 2. The highest BCUT2D eigenvalue weighted by molar-refractivity contribution is 14.1. The monoisotopic (exact) mass is 354 g/mol. The molecule has 0 amide bonds. The molecule has 1 atom stereocenters. The van der Waals surface area contributed by atoms with Gasteiger partial charge in [-0.3, -0.25) is 0 Å². The van der Waals surface area contributed by atoms with Crippen LogP contribution < -0.4 is 0 Å². The number of halogens is 2. The molecule has 86 valence electrons. The molecule has 0 radical (unpaired) electrons. The molecule has 2 heteroatoms. The third-order valence-electron chi connectivity index (χ3n) is 3.52. The minimum Gasteiger partial charge on any atom is -0.106 e. The van der Waals surface area contributed by atoms with Gasteiger partial charge in [0.2, 0.25) is 0 Å². The summed E-state index contributed by atoms with van der Waals surface area (Å²) in [6.07, 6.45) is 0.996. The number of hydrogen-bond donors (Lipinski definition) is 0. The number of hydrogen-bond acceptors (Lipinski definition) is 0. The maximum atomic E-state index is 6.62. The molecular weight excluding hydrogens is 343 g/mol. The molecule has 0 heterocycles. The first-order chi connectivity index (χ1) is 8.17. The van der Waals surface area contributed by atoms with Crippen LogP contribution in [0.2, 0.25) is 0 Å². The van der Waals surface area contributed by atoms with E-state index in [1.165, 1.54) is 11.1 Å². The predicted molar refractivity (Wildman–Crippen MR) is 80.9 cm³/mol. The Hall–Kier alpha value is -0.540. The summed E-state index contributed by atoms with van der Waals surface area (Å²) in [7, 11) is 0. The average molecular weight is 355 g/mol. The van der Waals surface area contributed by atoms with E-state index in [2.05, 4.69) is 71.1 Å². The van der Waals surface area contributed by atoms with Crippen LogP contribution in [0.5, 0.6) is 0 Å². The van der Waals surface area contributed by atoms with Crippen molar-refractivity contribution >= 4 is 34.2 Å². The van der Waals surface area contributed by atoms with Crippen LogP contribution in [-0.4, -0.2) is 2.88 Å². The van der Waals surface area contributed by atoms with Gasteiger partial charge >= 0.3 is 0 Å². The summed E-state index contributed by atoms with van der Waals surface area (Å²) in [5, 5.41) is 0. The molecule has 0 spiro atoms. The van der Waals surface area contributed by atoms with Gasteiger partial charge < -0.3 is 0 Å². The minimum atomic E-state index is -0.187. The van der Waals surface area contributed by atoms with Crippen molar-refractivity contribution in [2.45, 2.75) is 14.7 Å². The Morgan fingerprint density at radius 3 is 1.47 bits per heavy atom. The lowest BCUT2D eigenvalue weighted by Gasteiger charge is -2.19. The van der Waals surface area contributed by atoms with E-state index >= 15 is 0 Å². The Morgan fingerprint density at radius 1 is 0.824 bits per heavy atom. The maximum absolute atomic E-state index is 6.62. The van der Waals surface area contributed by atoms with E-state index in [0.29, 0.717) is 0 Å². The van der Waals surface area contributed by atoms with Gasteiger partial charge in [-0.25, -0.2) is 0 Å². The van der Waals surface area contributed by atoms with E-state index in [1.807, 2.05) is 12.1 Å². The van der Waals surface area contributed by atoms with E-state index in [9.17, 15) is 0 Å². The van der Waals surface area contributed by atoms with Gasteiger partial charge in [0.05, 0.1) is 5.41 Å². The smallest absolute Gasteiger partial charge is 0.106 e. The summed E-state index contributed by atoms with van der Waals surface area (Å²) >= 11 is 9.00. The fraction of sp³-hybridized carbons (Fsp3) is 0.200. The molecule has 1 aliphatic rings. The first-order valence-electron chi connectivity index (χ1n) is 5.66. The minimum absolute atomic E-state index is 0.0162. The molecule has 0 aromatic heterocycles. The Labute approximate surface area is 120 Å². The van der Waals surface area contributed by atoms with Gasteiger partial charge in [0.1, 0.15) is 2.88 Å². The van der Waals surface area contributed by atoms with Crippen LogP contribution in [0, 0.1) is 0 Å². The normalized spacial score (nSPS) is 25.5. The SMILES string of the molecule is ClC1(I)CC1(c1ccccc1)c1ccccc1. The molecule has 0 bridgehead atoms. The van der Waals surface area contributed by atoms with E-state index in [1.54, 1.807) is 0 Å². The maximum Gasteiger partial charge on any atom is 0.111 e. The molecular formula is C15H12ClI. The fourth-order valence-electron chi connectivity index (χ4n) is 2.53. The van der Waals surface area contributed by atoms with Crippen molar-refractivity contribution in [2.75, 3.05) is 0 Å². The lowest BCUT2D eigenvalue weighted by atomic mass is 9.88. The predicted octanol–water partition coefficient (Wildman–Crippen LogP) is 4.75. The third-order valence-corrected chi connectivity index (χ3v) is 5.28. The Morgan fingerprint density at radius 2 is 1.18 bits per heavy atom. The van der Waals surface area contributed by atoms with Crippen molar-refractivity contribution in [3.8, 4) is 0 Å². The van der Waals surface area contributed by atoms with Crippen molar-refractivity contribution in [3.05, 3.63) is 71.8 Å². The molecule has 1 fully saturated rings. The molecule has 0 saturated heterocycles. The zero-order valence-electron chi connectivity index (χ0n) is 9.24. The number of benzene rings is 2. The summed E-state index contributed by atoms with van der Waals surface area (Å²) in [6.45, 7) is 0. The zero-order valence-corrected chi connectivity index (χ0v) is 12.1. The van der Waals surface area contributed by atoms with Crippen LogP contribution in [0.1, 0.15) is 17.5 Å². The van der Waals surface area contributed by atoms with Crippen LogP contribution in [0.25, 0.3) is 0 Å². The van der Waals surface area contributed by atoms with Crippen molar-refractivity contribution in [3.63, 3.8) is 0 Å². The second kappa shape index (κ2) is 3.99. The van der Waals surface area contributed by atoms with Crippen molar-refractivity contribution in [1.82, 2.24) is 0 Å². The van der Waals surface area contributed by atoms with E-state index in [0.717, 1.165) is 6.42 Å². The van der Waals surface area contributed by atoms with Crippen LogP contribution in [-0.2, 0) is 5.41 Å². The Bertz CT molecular complexity index is 480. The van der Waals surface area contributed by atoms with E-state index in [-0.39, 0.29) is 8.30 Å². The molecule has 2 aromatic rings. The Balaban J connectivity index is 2.15. The molecule has 1 unspecified atom stereocenters. The second-order valence-electron chi connectivity index (χ2n) is 4.52. The molecule has 3 rings (SSSR count). The molecule has 1 aliphatic carbocycles. The van der Waals surface area contributed by atoms with Gasteiger partial charge in [0.15, 0.2) is 0 Å². The lowest BCUT2D eigenvalue weighted by molar-refractivity contribution is 0.844. The molecule has 2 aromatic carbocycles. The van der Waals surface area contributed by atoms with Crippen LogP contribution in [0.3, 0.4) is 0 Å². The standard InChI is InChI=1S/C15H12ClI/c16-15(17)11-14(15,12-7-3-1-4-8-12)13-9-5-2-6-10-13/h1-10H,11H2. The fourth-order valence-corrected chi connectivity index (χ4v) is 4.14. The quantitative estimate of drug-likeness (QED) is 0.539. The van der Waals surface area contributed by atoms with Gasteiger partial charge in [-0.1, -0.05) is 83.3 Å². The topological polar surface area (TPSA) is 0 Å². The summed E-state index contributed by atoms with van der Waals surface area (Å²) in [5.41, 5.74) is 2.61. The van der Waals surface area contributed by atoms with Crippen molar-refractivity contribution < 1.29 is 0 Å². The first-order valence-corrected chi connectivity index (χ1v) is 7.11. The summed E-state index contributed by atoms with van der Waals surface area (Å²) < 4.78 is -0.187. The van der Waals surface area contributed by atoms with Crippen molar-refractivity contribution in [2.24, 2.45) is 0 Å². The van der Waals surface area contributed by atoms with Gasteiger partial charge in [0.25, 0.3) is 0 Å². The third kappa shape index (κ3) is 1.71. The van der Waals surface area contributed by atoms with Gasteiger partial charge in [0, 0.05) is 0 Å². The van der Waals surface area contributed by atoms with E-state index in [4.69, 9.17) is 11.6 Å². The van der Waals surface area contributed by atoms with Gasteiger partial charge in [-0.15, -0.1) is 11.6 Å². The average Bonchev–Trinajstić information content (AvgIpc) is 2.96. The largest absolute Gasteiger partial charge is 0.111 e. The molecule has 0 N–H and O–H groups in total. The first kappa shape index (κ1) is 11.5. The van der Waals surface area contributed by atoms with E-state index < -0.39 is 0 Å². The summed E-state index contributed by atoms with van der Waals surface area (Å²) in [6, 6.07) is 21.1.